The smallest absolute Gasteiger partial charge is 0.253 e. The summed E-state index contributed by atoms with van der Waals surface area (Å²) in [5.41, 5.74) is 3.03. The maximum atomic E-state index is 13.6. The van der Waals surface area contributed by atoms with Crippen molar-refractivity contribution in [3.63, 3.8) is 0 Å². The maximum absolute atomic E-state index is 13.6. The van der Waals surface area contributed by atoms with Gasteiger partial charge in [-0.25, -0.2) is 4.39 Å². The Labute approximate surface area is 162 Å². The van der Waals surface area contributed by atoms with Crippen molar-refractivity contribution in [3.05, 3.63) is 101 Å². The number of halogens is 1. The van der Waals surface area contributed by atoms with Crippen LogP contribution in [0.5, 0.6) is 0 Å². The molecule has 3 rings (SSSR count). The van der Waals surface area contributed by atoms with E-state index in [1.807, 2.05) is 31.2 Å². The molecule has 2 N–H and O–H groups in total. The van der Waals surface area contributed by atoms with E-state index >= 15 is 0 Å². The number of carbonyl (C=O) groups is 2. The van der Waals surface area contributed by atoms with E-state index in [2.05, 4.69) is 15.6 Å². The zero-order valence-corrected chi connectivity index (χ0v) is 15.4. The molecule has 0 saturated heterocycles. The van der Waals surface area contributed by atoms with Gasteiger partial charge in [-0.15, -0.1) is 0 Å². The van der Waals surface area contributed by atoms with Crippen LogP contribution in [0.4, 0.5) is 4.39 Å². The van der Waals surface area contributed by atoms with Crippen LogP contribution in [0.2, 0.25) is 0 Å². The summed E-state index contributed by atoms with van der Waals surface area (Å²) >= 11 is 0. The SMILES string of the molecule is Cc1ccc(CNC(=O)c2cncc(C(=O)NCc3ccccc3F)c2)cc1. The number of benzene rings is 2. The predicted molar refractivity (Wildman–Crippen MR) is 104 cm³/mol. The third kappa shape index (κ3) is 5.01. The molecule has 1 heterocycles. The number of hydrogen-bond acceptors (Lipinski definition) is 3. The van der Waals surface area contributed by atoms with E-state index in [0.29, 0.717) is 12.1 Å². The van der Waals surface area contributed by atoms with Crippen molar-refractivity contribution < 1.29 is 14.0 Å². The summed E-state index contributed by atoms with van der Waals surface area (Å²) in [6.45, 7) is 2.43. The van der Waals surface area contributed by atoms with Crippen LogP contribution in [-0.4, -0.2) is 16.8 Å². The van der Waals surface area contributed by atoms with Gasteiger partial charge in [0.1, 0.15) is 5.82 Å². The fourth-order valence-corrected chi connectivity index (χ4v) is 2.60. The molecular weight excluding hydrogens is 357 g/mol. The third-order valence-electron chi connectivity index (χ3n) is 4.23. The van der Waals surface area contributed by atoms with E-state index in [-0.39, 0.29) is 29.4 Å². The quantitative estimate of drug-likeness (QED) is 0.692. The van der Waals surface area contributed by atoms with E-state index in [4.69, 9.17) is 0 Å². The second-order valence-corrected chi connectivity index (χ2v) is 6.40. The lowest BCUT2D eigenvalue weighted by atomic mass is 10.1. The molecule has 0 fully saturated rings. The number of pyridine rings is 1. The minimum atomic E-state index is -0.427. The Morgan fingerprint density at radius 2 is 1.50 bits per heavy atom. The fourth-order valence-electron chi connectivity index (χ4n) is 2.60. The lowest BCUT2D eigenvalue weighted by Gasteiger charge is -2.08. The molecule has 0 spiro atoms. The molecule has 6 heteroatoms. The summed E-state index contributed by atoms with van der Waals surface area (Å²) in [5, 5.41) is 5.44. The lowest BCUT2D eigenvalue weighted by Crippen LogP contribution is -2.26. The molecule has 0 radical (unpaired) electrons. The molecule has 5 nitrogen and oxygen atoms in total. The van der Waals surface area contributed by atoms with Crippen LogP contribution in [0.15, 0.2) is 67.0 Å². The number of nitrogens with one attached hydrogen (secondary N) is 2. The fraction of sp³-hybridized carbons (Fsp3) is 0.136. The van der Waals surface area contributed by atoms with Crippen LogP contribution in [0.3, 0.4) is 0 Å². The van der Waals surface area contributed by atoms with Gasteiger partial charge in [0.05, 0.1) is 11.1 Å². The summed E-state index contributed by atoms with van der Waals surface area (Å²) in [6, 6.07) is 15.5. The van der Waals surface area contributed by atoms with Gasteiger partial charge in [-0.3, -0.25) is 14.6 Å². The number of rotatable bonds is 6. The van der Waals surface area contributed by atoms with Crippen LogP contribution in [-0.2, 0) is 13.1 Å². The summed E-state index contributed by atoms with van der Waals surface area (Å²) in [4.78, 5) is 28.6. The van der Waals surface area contributed by atoms with E-state index in [9.17, 15) is 14.0 Å². The number of carbonyl (C=O) groups excluding carboxylic acids is 2. The van der Waals surface area contributed by atoms with Gasteiger partial charge >= 0.3 is 0 Å². The van der Waals surface area contributed by atoms with Gasteiger partial charge in [0.2, 0.25) is 0 Å². The minimum absolute atomic E-state index is 0.0509. The van der Waals surface area contributed by atoms with Crippen molar-refractivity contribution in [1.82, 2.24) is 15.6 Å². The second-order valence-electron chi connectivity index (χ2n) is 6.40. The molecule has 142 valence electrons. The zero-order valence-electron chi connectivity index (χ0n) is 15.4. The number of nitrogens with zero attached hydrogens (tertiary/aromatic N) is 1. The standard InChI is InChI=1S/C22H20FN3O2/c1-15-6-8-16(9-7-15)11-25-21(27)18-10-19(13-24-12-18)22(28)26-14-17-4-2-3-5-20(17)23/h2-10,12-13H,11,14H2,1H3,(H,25,27)(H,26,28). The molecule has 0 bridgehead atoms. The molecule has 0 aliphatic rings. The largest absolute Gasteiger partial charge is 0.348 e. The van der Waals surface area contributed by atoms with Crippen LogP contribution in [0, 0.1) is 12.7 Å². The molecule has 28 heavy (non-hydrogen) atoms. The Morgan fingerprint density at radius 3 is 2.14 bits per heavy atom. The van der Waals surface area contributed by atoms with E-state index in [0.717, 1.165) is 11.1 Å². The Morgan fingerprint density at radius 1 is 0.893 bits per heavy atom. The Balaban J connectivity index is 1.60. The molecule has 1 aromatic heterocycles. The molecular formula is C22H20FN3O2. The number of hydrogen-bond donors (Lipinski definition) is 2. The first-order valence-corrected chi connectivity index (χ1v) is 8.83. The van der Waals surface area contributed by atoms with Crippen molar-refractivity contribution in [2.75, 3.05) is 0 Å². The van der Waals surface area contributed by atoms with Crippen molar-refractivity contribution >= 4 is 11.8 Å². The van der Waals surface area contributed by atoms with Gasteiger partial charge in [-0.1, -0.05) is 48.0 Å². The molecule has 0 atom stereocenters. The first kappa shape index (κ1) is 19.2. The monoisotopic (exact) mass is 377 g/mol. The lowest BCUT2D eigenvalue weighted by molar-refractivity contribution is 0.0950. The number of aromatic nitrogens is 1. The van der Waals surface area contributed by atoms with Crippen LogP contribution in [0.1, 0.15) is 37.4 Å². The van der Waals surface area contributed by atoms with Gasteiger partial charge in [-0.2, -0.15) is 0 Å². The number of aryl methyl sites for hydroxylation is 1. The first-order chi connectivity index (χ1) is 13.5. The highest BCUT2D eigenvalue weighted by Gasteiger charge is 2.12. The highest BCUT2D eigenvalue weighted by molar-refractivity contribution is 5.99. The summed E-state index contributed by atoms with van der Waals surface area (Å²) in [6.07, 6.45) is 2.77. The second kappa shape index (κ2) is 8.90. The average Bonchev–Trinajstić information content (AvgIpc) is 2.72. The Hall–Kier alpha value is -3.54. The highest BCUT2D eigenvalue weighted by atomic mass is 19.1. The zero-order chi connectivity index (χ0) is 19.9. The highest BCUT2D eigenvalue weighted by Crippen LogP contribution is 2.08. The molecule has 0 aliphatic heterocycles. The van der Waals surface area contributed by atoms with Gasteiger partial charge in [0.15, 0.2) is 0 Å². The van der Waals surface area contributed by atoms with E-state index in [1.54, 1.807) is 18.2 Å². The molecule has 2 aromatic carbocycles. The van der Waals surface area contributed by atoms with E-state index in [1.165, 1.54) is 24.5 Å². The molecule has 3 aromatic rings. The van der Waals surface area contributed by atoms with Crippen molar-refractivity contribution in [1.29, 1.82) is 0 Å². The van der Waals surface area contributed by atoms with Crippen LogP contribution < -0.4 is 10.6 Å². The summed E-state index contributed by atoms with van der Waals surface area (Å²) in [7, 11) is 0. The minimum Gasteiger partial charge on any atom is -0.348 e. The Bertz CT molecular complexity index is 987. The topological polar surface area (TPSA) is 71.1 Å². The first-order valence-electron chi connectivity index (χ1n) is 8.83. The summed E-state index contributed by atoms with van der Waals surface area (Å²) < 4.78 is 13.6. The third-order valence-corrected chi connectivity index (χ3v) is 4.23. The van der Waals surface area contributed by atoms with Gasteiger partial charge in [-0.05, 0) is 24.6 Å². The number of amides is 2. The normalized spacial score (nSPS) is 10.4. The van der Waals surface area contributed by atoms with Crippen molar-refractivity contribution in [3.8, 4) is 0 Å². The maximum Gasteiger partial charge on any atom is 0.253 e. The van der Waals surface area contributed by atoms with Gasteiger partial charge < -0.3 is 10.6 Å². The summed E-state index contributed by atoms with van der Waals surface area (Å²) in [5.74, 6) is -1.13. The predicted octanol–water partition coefficient (Wildman–Crippen LogP) is 3.39. The molecule has 0 aliphatic carbocycles. The van der Waals surface area contributed by atoms with Gasteiger partial charge in [0.25, 0.3) is 11.8 Å². The molecule has 0 saturated carbocycles. The van der Waals surface area contributed by atoms with E-state index < -0.39 is 5.91 Å². The van der Waals surface area contributed by atoms with Crippen molar-refractivity contribution in [2.45, 2.75) is 20.0 Å². The molecule has 0 unspecified atom stereocenters. The van der Waals surface area contributed by atoms with Crippen LogP contribution in [0.25, 0.3) is 0 Å². The Kier molecular flexibility index (Phi) is 6.11. The van der Waals surface area contributed by atoms with Crippen LogP contribution >= 0.6 is 0 Å². The average molecular weight is 377 g/mol. The van der Waals surface area contributed by atoms with Crippen molar-refractivity contribution in [2.24, 2.45) is 0 Å². The molecule has 2 amide bonds. The van der Waals surface area contributed by atoms with Gasteiger partial charge in [0, 0.05) is 31.0 Å².